The zero-order valence-electron chi connectivity index (χ0n) is 21.1. The Morgan fingerprint density at radius 3 is 1.97 bits per heavy atom. The number of carbonyl (C=O) groups is 3. The van der Waals surface area contributed by atoms with Gasteiger partial charge in [-0.05, 0) is 40.6 Å². The maximum Gasteiger partial charge on any atom is 0.238 e. The van der Waals surface area contributed by atoms with Crippen LogP contribution in [0.4, 0.5) is 0 Å². The van der Waals surface area contributed by atoms with E-state index in [-0.39, 0.29) is 28.9 Å². The molecule has 6 rings (SSSR count). The van der Waals surface area contributed by atoms with Crippen molar-refractivity contribution in [3.8, 4) is 11.3 Å². The fourth-order valence-electron chi connectivity index (χ4n) is 4.96. The first kappa shape index (κ1) is 22.9. The second-order valence-electron chi connectivity index (χ2n) is 10.5. The van der Waals surface area contributed by atoms with Gasteiger partial charge in [-0.3, -0.25) is 19.0 Å². The molecule has 2 heterocycles. The van der Waals surface area contributed by atoms with Crippen molar-refractivity contribution in [2.75, 3.05) is 0 Å². The minimum Gasteiger partial charge on any atom is -0.327 e. The molecule has 0 bridgehead atoms. The third-order valence-electron chi connectivity index (χ3n) is 6.92. The van der Waals surface area contributed by atoms with Gasteiger partial charge in [0.2, 0.25) is 5.91 Å². The Bertz CT molecular complexity index is 1760. The predicted octanol–water partition coefficient (Wildman–Crippen LogP) is 6.34. The molecular weight excluding hydrogens is 462 g/mol. The fraction of sp³-hybridized carbons (Fsp3) is 0.161. The minimum absolute atomic E-state index is 0.0202. The standard InChI is InChI=1S/C31H25N3O3/c1-31(2,3)30(37)34-25-17-24(18-10-6-5-7-11-18)33(4)29(25)32-26(34)16-23-27(35)21-14-19-12-8-9-13-20(19)15-22(21)28(23)36/h5-17H,1-4H3. The number of carbonyl (C=O) groups excluding carboxylic acids is 3. The average molecular weight is 488 g/mol. The van der Waals surface area contributed by atoms with Crippen molar-refractivity contribution in [2.45, 2.75) is 20.8 Å². The summed E-state index contributed by atoms with van der Waals surface area (Å²) in [5.41, 5.74) is 3.22. The van der Waals surface area contributed by atoms with Gasteiger partial charge in [-0.1, -0.05) is 75.4 Å². The first-order valence-corrected chi connectivity index (χ1v) is 12.2. The quantitative estimate of drug-likeness (QED) is 0.215. The Balaban J connectivity index is 1.55. The number of nitrogens with zero attached hydrogens (tertiary/aromatic N) is 3. The van der Waals surface area contributed by atoms with Crippen LogP contribution >= 0.6 is 0 Å². The lowest BCUT2D eigenvalue weighted by Gasteiger charge is -2.18. The number of aromatic nitrogens is 3. The molecule has 0 atom stereocenters. The topological polar surface area (TPSA) is 74.0 Å². The van der Waals surface area contributed by atoms with Gasteiger partial charge >= 0.3 is 0 Å². The zero-order valence-corrected chi connectivity index (χ0v) is 21.1. The highest BCUT2D eigenvalue weighted by Crippen LogP contribution is 2.34. The maximum atomic E-state index is 13.6. The van der Waals surface area contributed by atoms with Gasteiger partial charge in [0.1, 0.15) is 5.82 Å². The molecule has 182 valence electrons. The fourth-order valence-corrected chi connectivity index (χ4v) is 4.96. The van der Waals surface area contributed by atoms with E-state index < -0.39 is 5.41 Å². The van der Waals surface area contributed by atoms with Crippen molar-refractivity contribution in [2.24, 2.45) is 12.5 Å². The molecule has 6 heteroatoms. The largest absolute Gasteiger partial charge is 0.327 e. The van der Waals surface area contributed by atoms with Crippen LogP contribution in [0, 0.1) is 5.41 Å². The van der Waals surface area contributed by atoms with E-state index in [1.54, 1.807) is 12.1 Å². The van der Waals surface area contributed by atoms with E-state index in [0.717, 1.165) is 22.0 Å². The number of hydrogen-bond acceptors (Lipinski definition) is 4. The first-order chi connectivity index (χ1) is 17.6. The van der Waals surface area contributed by atoms with E-state index in [0.29, 0.717) is 22.3 Å². The summed E-state index contributed by atoms with van der Waals surface area (Å²) < 4.78 is 3.47. The van der Waals surface area contributed by atoms with E-state index >= 15 is 0 Å². The summed E-state index contributed by atoms with van der Waals surface area (Å²) in [6.45, 7) is 5.52. The number of imidazole rings is 1. The van der Waals surface area contributed by atoms with E-state index in [4.69, 9.17) is 4.98 Å². The number of aryl methyl sites for hydroxylation is 1. The molecule has 0 N–H and O–H groups in total. The number of allylic oxidation sites excluding steroid dienone is 1. The summed E-state index contributed by atoms with van der Waals surface area (Å²) in [7, 11) is 1.90. The highest BCUT2D eigenvalue weighted by atomic mass is 16.2. The normalized spacial score (nSPS) is 13.6. The van der Waals surface area contributed by atoms with Crippen molar-refractivity contribution >= 4 is 45.5 Å². The molecule has 0 amide bonds. The van der Waals surface area contributed by atoms with Crippen LogP contribution in [-0.4, -0.2) is 31.6 Å². The Labute approximate surface area is 213 Å². The van der Waals surface area contributed by atoms with Gasteiger partial charge in [0.05, 0.1) is 16.8 Å². The highest BCUT2D eigenvalue weighted by Gasteiger charge is 2.35. The molecule has 5 aromatic rings. The molecule has 6 nitrogen and oxygen atoms in total. The molecule has 37 heavy (non-hydrogen) atoms. The molecule has 2 aromatic heterocycles. The molecule has 0 saturated heterocycles. The second kappa shape index (κ2) is 7.96. The van der Waals surface area contributed by atoms with Crippen molar-refractivity contribution < 1.29 is 14.4 Å². The number of ketones is 2. The minimum atomic E-state index is -0.714. The first-order valence-electron chi connectivity index (χ1n) is 12.2. The summed E-state index contributed by atoms with van der Waals surface area (Å²) in [6.07, 6.45) is 1.47. The Morgan fingerprint density at radius 1 is 0.838 bits per heavy atom. The monoisotopic (exact) mass is 487 g/mol. The van der Waals surface area contributed by atoms with Gasteiger partial charge in [-0.2, -0.15) is 0 Å². The van der Waals surface area contributed by atoms with E-state index in [2.05, 4.69) is 0 Å². The van der Waals surface area contributed by atoms with Gasteiger partial charge < -0.3 is 4.57 Å². The Kier molecular flexibility index (Phi) is 4.92. The van der Waals surface area contributed by atoms with Gasteiger partial charge in [0.15, 0.2) is 17.2 Å². The van der Waals surface area contributed by atoms with Gasteiger partial charge in [0, 0.05) is 23.6 Å². The smallest absolute Gasteiger partial charge is 0.238 e. The molecular formula is C31H25N3O3. The number of hydrogen-bond donors (Lipinski definition) is 0. The average Bonchev–Trinajstić information content (AvgIpc) is 3.47. The van der Waals surface area contributed by atoms with Gasteiger partial charge in [-0.15, -0.1) is 0 Å². The summed E-state index contributed by atoms with van der Waals surface area (Å²) in [5, 5.41) is 1.79. The Hall–Kier alpha value is -4.58. The molecule has 0 saturated carbocycles. The summed E-state index contributed by atoms with van der Waals surface area (Å²) in [5.74, 6) is -0.600. The van der Waals surface area contributed by atoms with Gasteiger partial charge in [-0.25, -0.2) is 4.98 Å². The van der Waals surface area contributed by atoms with Gasteiger partial charge in [0.25, 0.3) is 0 Å². The van der Waals surface area contributed by atoms with E-state index in [9.17, 15) is 14.4 Å². The maximum absolute atomic E-state index is 13.6. The van der Waals surface area contributed by atoms with Crippen molar-refractivity contribution in [3.05, 3.63) is 95.3 Å². The third kappa shape index (κ3) is 3.48. The molecule has 3 aromatic carbocycles. The van der Waals surface area contributed by atoms with Crippen LogP contribution < -0.4 is 0 Å². The zero-order chi connectivity index (χ0) is 26.1. The lowest BCUT2D eigenvalue weighted by molar-refractivity contribution is 0.0770. The summed E-state index contributed by atoms with van der Waals surface area (Å²) in [6, 6.07) is 23.0. The molecule has 0 spiro atoms. The number of fused-ring (bicyclic) bond motifs is 3. The molecule has 1 aliphatic rings. The highest BCUT2D eigenvalue weighted by molar-refractivity contribution is 6.42. The lowest BCUT2D eigenvalue weighted by Crippen LogP contribution is -2.27. The van der Waals surface area contributed by atoms with Crippen molar-refractivity contribution in [1.82, 2.24) is 14.1 Å². The SMILES string of the molecule is Cn1c(-c2ccccc2)cc2c1nc(C=C1C(=O)c3cc4ccccc4cc3C1=O)n2C(=O)C(C)(C)C. The predicted molar refractivity (Wildman–Crippen MR) is 145 cm³/mol. The summed E-state index contributed by atoms with van der Waals surface area (Å²) in [4.78, 5) is 45.2. The van der Waals surface area contributed by atoms with Crippen LogP contribution in [-0.2, 0) is 7.05 Å². The number of Topliss-reactive ketones (excluding diaryl/α,β-unsaturated/α-hetero) is 2. The van der Waals surface area contributed by atoms with Crippen LogP contribution in [0.5, 0.6) is 0 Å². The van der Waals surface area contributed by atoms with Crippen molar-refractivity contribution in [3.63, 3.8) is 0 Å². The van der Waals surface area contributed by atoms with Crippen LogP contribution in [0.2, 0.25) is 0 Å². The van der Waals surface area contributed by atoms with E-state index in [1.165, 1.54) is 10.6 Å². The van der Waals surface area contributed by atoms with Crippen LogP contribution in [0.1, 0.15) is 52.1 Å². The number of benzene rings is 3. The Morgan fingerprint density at radius 2 is 1.41 bits per heavy atom. The van der Waals surface area contributed by atoms with Crippen LogP contribution in [0.15, 0.2) is 78.4 Å². The number of rotatable bonds is 2. The molecule has 1 aliphatic carbocycles. The van der Waals surface area contributed by atoms with E-state index in [1.807, 2.05) is 93.0 Å². The molecule has 0 radical (unpaired) electrons. The molecule has 0 aliphatic heterocycles. The molecule has 0 unspecified atom stereocenters. The van der Waals surface area contributed by atoms with Crippen LogP contribution in [0.25, 0.3) is 39.3 Å². The summed E-state index contributed by atoms with van der Waals surface area (Å²) >= 11 is 0. The second-order valence-corrected chi connectivity index (χ2v) is 10.5. The molecule has 0 fully saturated rings. The van der Waals surface area contributed by atoms with Crippen molar-refractivity contribution in [1.29, 1.82) is 0 Å². The third-order valence-corrected chi connectivity index (χ3v) is 6.92. The lowest BCUT2D eigenvalue weighted by atomic mass is 9.95. The van der Waals surface area contributed by atoms with Crippen LogP contribution in [0.3, 0.4) is 0 Å².